The first kappa shape index (κ1) is 13.9. The molecule has 0 unspecified atom stereocenters. The second kappa shape index (κ2) is 3.43. The van der Waals surface area contributed by atoms with Gasteiger partial charge in [-0.25, -0.2) is 8.78 Å². The van der Waals surface area contributed by atoms with Gasteiger partial charge in [0.2, 0.25) is 0 Å². The number of alkyl halides is 2. The van der Waals surface area contributed by atoms with Gasteiger partial charge in [-0.3, -0.25) is 0 Å². The van der Waals surface area contributed by atoms with Crippen molar-refractivity contribution in [2.24, 2.45) is 22.2 Å². The van der Waals surface area contributed by atoms with Crippen LogP contribution >= 0.6 is 0 Å². The zero-order valence-electron chi connectivity index (χ0n) is 11.7. The SMILES string of the molecule is CC(C)(C)CC[C@]1(C)[C@H](C(C)(C)C)C1(F)F. The zero-order chi connectivity index (χ0) is 13.0. The largest absolute Gasteiger partial charge is 0.257 e. The Morgan fingerprint density at radius 1 is 1.00 bits per heavy atom. The minimum absolute atomic E-state index is 0.143. The Balaban J connectivity index is 2.74. The summed E-state index contributed by atoms with van der Waals surface area (Å²) in [5, 5.41) is 0. The van der Waals surface area contributed by atoms with Crippen molar-refractivity contribution in [2.45, 2.75) is 67.2 Å². The maximum absolute atomic E-state index is 13.9. The lowest BCUT2D eigenvalue weighted by Gasteiger charge is -2.23. The van der Waals surface area contributed by atoms with E-state index in [4.69, 9.17) is 0 Å². The molecular formula is C14H26F2. The van der Waals surface area contributed by atoms with Crippen LogP contribution in [0.15, 0.2) is 0 Å². The van der Waals surface area contributed by atoms with Crippen molar-refractivity contribution in [1.29, 1.82) is 0 Å². The molecule has 0 aromatic heterocycles. The predicted molar refractivity (Wildman–Crippen MR) is 64.7 cm³/mol. The summed E-state index contributed by atoms with van der Waals surface area (Å²) in [7, 11) is 0. The van der Waals surface area contributed by atoms with Crippen molar-refractivity contribution in [3.8, 4) is 0 Å². The van der Waals surface area contributed by atoms with Gasteiger partial charge in [0.25, 0.3) is 5.92 Å². The molecule has 96 valence electrons. The van der Waals surface area contributed by atoms with E-state index in [0.29, 0.717) is 6.42 Å². The van der Waals surface area contributed by atoms with Crippen molar-refractivity contribution < 1.29 is 8.78 Å². The second-order valence-electron chi connectivity index (χ2n) is 7.90. The van der Waals surface area contributed by atoms with E-state index in [-0.39, 0.29) is 10.8 Å². The third-order valence-electron chi connectivity index (χ3n) is 3.94. The van der Waals surface area contributed by atoms with Gasteiger partial charge >= 0.3 is 0 Å². The Morgan fingerprint density at radius 3 is 1.69 bits per heavy atom. The van der Waals surface area contributed by atoms with Crippen molar-refractivity contribution in [2.75, 3.05) is 0 Å². The van der Waals surface area contributed by atoms with Gasteiger partial charge in [0.1, 0.15) is 0 Å². The van der Waals surface area contributed by atoms with Crippen LogP contribution in [0.25, 0.3) is 0 Å². The van der Waals surface area contributed by atoms with Crippen molar-refractivity contribution >= 4 is 0 Å². The van der Waals surface area contributed by atoms with Crippen LogP contribution in [0.1, 0.15) is 61.3 Å². The molecule has 0 aromatic rings. The van der Waals surface area contributed by atoms with E-state index < -0.39 is 17.3 Å². The molecule has 1 aliphatic carbocycles. The maximum atomic E-state index is 13.9. The van der Waals surface area contributed by atoms with Crippen LogP contribution in [0.4, 0.5) is 8.78 Å². The van der Waals surface area contributed by atoms with Gasteiger partial charge in [0, 0.05) is 11.3 Å². The molecule has 2 heteroatoms. The Morgan fingerprint density at radius 2 is 1.44 bits per heavy atom. The molecule has 1 saturated carbocycles. The topological polar surface area (TPSA) is 0 Å². The number of halogens is 2. The van der Waals surface area contributed by atoms with Gasteiger partial charge < -0.3 is 0 Å². The minimum Gasteiger partial charge on any atom is -0.206 e. The number of hydrogen-bond acceptors (Lipinski definition) is 0. The number of hydrogen-bond donors (Lipinski definition) is 0. The summed E-state index contributed by atoms with van der Waals surface area (Å²) < 4.78 is 27.8. The van der Waals surface area contributed by atoms with Crippen molar-refractivity contribution in [1.82, 2.24) is 0 Å². The van der Waals surface area contributed by atoms with Crippen molar-refractivity contribution in [3.05, 3.63) is 0 Å². The van der Waals surface area contributed by atoms with Crippen LogP contribution in [0.5, 0.6) is 0 Å². The monoisotopic (exact) mass is 232 g/mol. The molecule has 16 heavy (non-hydrogen) atoms. The highest BCUT2D eigenvalue weighted by molar-refractivity contribution is 5.19. The summed E-state index contributed by atoms with van der Waals surface area (Å²) in [5.74, 6) is -2.94. The standard InChI is InChI=1S/C14H26F2/c1-11(2,3)8-9-13(7)10(12(4,5)6)14(13,15)16/h10H,8-9H2,1-7H3/t10-,13+/m0/s1. The molecule has 0 spiro atoms. The van der Waals surface area contributed by atoms with Crippen LogP contribution in [0, 0.1) is 22.2 Å². The van der Waals surface area contributed by atoms with E-state index in [2.05, 4.69) is 20.8 Å². The summed E-state index contributed by atoms with van der Waals surface area (Å²) in [6.45, 7) is 13.9. The Hall–Kier alpha value is -0.140. The molecule has 1 fully saturated rings. The van der Waals surface area contributed by atoms with Gasteiger partial charge in [0.05, 0.1) is 0 Å². The average Bonchev–Trinajstić information content (AvgIpc) is 2.40. The first-order chi connectivity index (χ1) is 6.82. The van der Waals surface area contributed by atoms with Gasteiger partial charge in [-0.05, 0) is 23.7 Å². The van der Waals surface area contributed by atoms with Crippen LogP contribution < -0.4 is 0 Å². The lowest BCUT2D eigenvalue weighted by molar-refractivity contribution is 0.0458. The fourth-order valence-electron chi connectivity index (χ4n) is 3.03. The van der Waals surface area contributed by atoms with E-state index in [1.165, 1.54) is 0 Å². The van der Waals surface area contributed by atoms with Crippen LogP contribution in [0.3, 0.4) is 0 Å². The maximum Gasteiger partial charge on any atom is 0.257 e. The predicted octanol–water partition coefficient (Wildman–Crippen LogP) is 5.13. The molecule has 0 saturated heterocycles. The van der Waals surface area contributed by atoms with Crippen LogP contribution in [-0.4, -0.2) is 5.92 Å². The van der Waals surface area contributed by atoms with E-state index in [9.17, 15) is 8.78 Å². The van der Waals surface area contributed by atoms with E-state index >= 15 is 0 Å². The van der Waals surface area contributed by atoms with Gasteiger partial charge in [0.15, 0.2) is 0 Å². The second-order valence-corrected chi connectivity index (χ2v) is 7.90. The summed E-state index contributed by atoms with van der Waals surface area (Å²) >= 11 is 0. The molecule has 1 rings (SSSR count). The molecular weight excluding hydrogens is 206 g/mol. The molecule has 0 amide bonds. The van der Waals surface area contributed by atoms with E-state index in [0.717, 1.165) is 6.42 Å². The molecule has 2 atom stereocenters. The lowest BCUT2D eigenvalue weighted by Crippen LogP contribution is -2.16. The molecule has 0 bridgehead atoms. The molecule has 0 aromatic carbocycles. The fourth-order valence-corrected chi connectivity index (χ4v) is 3.03. The van der Waals surface area contributed by atoms with Crippen molar-refractivity contribution in [3.63, 3.8) is 0 Å². The normalized spacial score (nSPS) is 33.9. The van der Waals surface area contributed by atoms with Gasteiger partial charge in [-0.15, -0.1) is 0 Å². The quantitative estimate of drug-likeness (QED) is 0.619. The smallest absolute Gasteiger partial charge is 0.206 e. The van der Waals surface area contributed by atoms with Gasteiger partial charge in [-0.2, -0.15) is 0 Å². The van der Waals surface area contributed by atoms with E-state index in [1.807, 2.05) is 20.8 Å². The first-order valence-electron chi connectivity index (χ1n) is 6.20. The first-order valence-corrected chi connectivity index (χ1v) is 6.20. The molecule has 0 radical (unpaired) electrons. The third-order valence-corrected chi connectivity index (χ3v) is 3.94. The Bertz CT molecular complexity index is 267. The summed E-state index contributed by atoms with van der Waals surface area (Å²) in [6, 6.07) is 0. The highest BCUT2D eigenvalue weighted by Crippen LogP contribution is 2.73. The van der Waals surface area contributed by atoms with Gasteiger partial charge in [-0.1, -0.05) is 48.5 Å². The molecule has 0 aliphatic heterocycles. The molecule has 0 N–H and O–H groups in total. The minimum atomic E-state index is -2.48. The lowest BCUT2D eigenvalue weighted by atomic mass is 9.80. The average molecular weight is 232 g/mol. The summed E-state index contributed by atoms with van der Waals surface area (Å²) in [5.41, 5.74) is -0.932. The molecule has 0 heterocycles. The summed E-state index contributed by atoms with van der Waals surface area (Å²) in [4.78, 5) is 0. The highest BCUT2D eigenvalue weighted by Gasteiger charge is 2.79. The fraction of sp³-hybridized carbons (Fsp3) is 1.00. The molecule has 1 aliphatic rings. The van der Waals surface area contributed by atoms with E-state index in [1.54, 1.807) is 6.92 Å². The molecule has 0 nitrogen and oxygen atoms in total. The zero-order valence-corrected chi connectivity index (χ0v) is 11.7. The Labute approximate surface area is 98.8 Å². The number of rotatable bonds is 2. The third kappa shape index (κ3) is 2.26. The van der Waals surface area contributed by atoms with Crippen LogP contribution in [0.2, 0.25) is 0 Å². The Kier molecular flexibility index (Phi) is 2.98. The van der Waals surface area contributed by atoms with Crippen LogP contribution in [-0.2, 0) is 0 Å². The highest BCUT2D eigenvalue weighted by atomic mass is 19.3. The summed E-state index contributed by atoms with van der Waals surface area (Å²) in [6.07, 6.45) is 1.50.